The van der Waals surface area contributed by atoms with Gasteiger partial charge in [-0.25, -0.2) is 0 Å². The molecule has 0 saturated heterocycles. The molecule has 0 aliphatic heterocycles. The van der Waals surface area contributed by atoms with E-state index in [1.807, 2.05) is 30.1 Å². The van der Waals surface area contributed by atoms with Gasteiger partial charge in [-0.2, -0.15) is 0 Å². The van der Waals surface area contributed by atoms with E-state index in [4.69, 9.17) is 0 Å². The second-order valence-electron chi connectivity index (χ2n) is 8.98. The fourth-order valence-electron chi connectivity index (χ4n) is 4.11. The number of nitrogens with one attached hydrogen (secondary N) is 1. The Labute approximate surface area is 206 Å². The van der Waals surface area contributed by atoms with E-state index >= 15 is 0 Å². The summed E-state index contributed by atoms with van der Waals surface area (Å²) < 4.78 is 0. The van der Waals surface area contributed by atoms with Gasteiger partial charge in [0.2, 0.25) is 11.8 Å². The zero-order chi connectivity index (χ0) is 24.3. The Hall–Kier alpha value is -2.86. The van der Waals surface area contributed by atoms with Crippen molar-refractivity contribution in [3.63, 3.8) is 0 Å². The molecule has 182 valence electrons. The fourth-order valence-corrected chi connectivity index (χ4v) is 4.87. The van der Waals surface area contributed by atoms with Gasteiger partial charge in [0.1, 0.15) is 0 Å². The summed E-state index contributed by atoms with van der Waals surface area (Å²) in [6.07, 6.45) is 9.63. The van der Waals surface area contributed by atoms with E-state index in [9.17, 15) is 14.7 Å². The van der Waals surface area contributed by atoms with Crippen molar-refractivity contribution in [2.24, 2.45) is 0 Å². The second-order valence-corrected chi connectivity index (χ2v) is 10.0. The summed E-state index contributed by atoms with van der Waals surface area (Å²) in [7, 11) is 1.88. The monoisotopic (exact) mass is 480 g/mol. The van der Waals surface area contributed by atoms with E-state index in [1.54, 1.807) is 0 Å². The van der Waals surface area contributed by atoms with Gasteiger partial charge in [-0.3, -0.25) is 14.6 Å². The molecule has 34 heavy (non-hydrogen) atoms. The van der Waals surface area contributed by atoms with Crippen molar-refractivity contribution in [3.8, 4) is 17.0 Å². The first-order valence-electron chi connectivity index (χ1n) is 12.3. The van der Waals surface area contributed by atoms with Crippen molar-refractivity contribution in [1.29, 1.82) is 0 Å². The summed E-state index contributed by atoms with van der Waals surface area (Å²) in [5.41, 5.74) is 4.33. The van der Waals surface area contributed by atoms with E-state index in [0.717, 1.165) is 46.4 Å². The molecule has 0 radical (unpaired) electrons. The maximum Gasteiger partial charge on any atom is 0.307 e. The Kier molecular flexibility index (Phi) is 9.95. The third-order valence-corrected chi connectivity index (χ3v) is 6.99. The number of hydrogen-bond acceptors (Lipinski definition) is 4. The number of carbonyl (C=O) groups excluding carboxylic acids is 1. The van der Waals surface area contributed by atoms with E-state index in [0.29, 0.717) is 24.3 Å². The lowest BCUT2D eigenvalue weighted by atomic mass is 10.0. The van der Waals surface area contributed by atoms with E-state index in [1.165, 1.54) is 32.1 Å². The standard InChI is InChI=1S/C28H36N2O3S/c1-3-4-5-6-7-8-9-13-26(31)30(2)20-22-11-10-12-24(18-22)23-16-14-21(15-17-23)19-25-27(32)29-28(33)34-25/h10-12,14-18,32H,3-9,13,19-20H2,1-2H3,(H,29,33). The molecule has 2 N–H and O–H groups in total. The molecular formula is C28H36N2O3S. The third kappa shape index (κ3) is 7.87. The number of nitrogens with zero attached hydrogens (tertiary/aromatic N) is 1. The molecule has 5 nitrogen and oxygen atoms in total. The van der Waals surface area contributed by atoms with Gasteiger partial charge >= 0.3 is 4.87 Å². The van der Waals surface area contributed by atoms with Gasteiger partial charge in [-0.15, -0.1) is 0 Å². The summed E-state index contributed by atoms with van der Waals surface area (Å²) in [6, 6.07) is 16.4. The molecule has 0 unspecified atom stereocenters. The first-order chi connectivity index (χ1) is 16.5. The second kappa shape index (κ2) is 13.1. The minimum atomic E-state index is -0.244. The van der Waals surface area contributed by atoms with Crippen LogP contribution in [0.2, 0.25) is 0 Å². The molecule has 0 aliphatic rings. The van der Waals surface area contributed by atoms with Crippen molar-refractivity contribution in [2.75, 3.05) is 7.05 Å². The van der Waals surface area contributed by atoms with Crippen LogP contribution < -0.4 is 4.87 Å². The number of unbranched alkanes of at least 4 members (excludes halogenated alkanes) is 6. The number of benzene rings is 2. The highest BCUT2D eigenvalue weighted by Crippen LogP contribution is 2.25. The SMILES string of the molecule is CCCCCCCCCC(=O)N(C)Cc1cccc(-c2ccc(Cc3sc(=O)[nH]c3O)cc2)c1. The highest BCUT2D eigenvalue weighted by Gasteiger charge is 2.11. The van der Waals surface area contributed by atoms with Crippen LogP contribution >= 0.6 is 11.3 Å². The summed E-state index contributed by atoms with van der Waals surface area (Å²) >= 11 is 1.04. The number of aromatic amines is 1. The lowest BCUT2D eigenvalue weighted by Crippen LogP contribution is -2.25. The largest absolute Gasteiger partial charge is 0.494 e. The van der Waals surface area contributed by atoms with E-state index < -0.39 is 0 Å². The molecule has 0 fully saturated rings. The Bertz CT molecular complexity index is 1100. The molecule has 0 saturated carbocycles. The van der Waals surface area contributed by atoms with Gasteiger partial charge < -0.3 is 10.0 Å². The van der Waals surface area contributed by atoms with Crippen LogP contribution in [0.3, 0.4) is 0 Å². The van der Waals surface area contributed by atoms with Crippen LogP contribution in [0.1, 0.15) is 74.3 Å². The van der Waals surface area contributed by atoms with Gasteiger partial charge in [0.05, 0.1) is 4.88 Å². The van der Waals surface area contributed by atoms with E-state index in [2.05, 4.69) is 42.2 Å². The zero-order valence-electron chi connectivity index (χ0n) is 20.3. The summed E-state index contributed by atoms with van der Waals surface area (Å²) in [4.78, 5) is 28.6. The molecule has 1 aromatic heterocycles. The van der Waals surface area contributed by atoms with Gasteiger partial charge in [-0.05, 0) is 34.7 Å². The lowest BCUT2D eigenvalue weighted by Gasteiger charge is -2.18. The molecule has 1 heterocycles. The molecule has 1 amide bonds. The van der Waals surface area contributed by atoms with Crippen LogP contribution in [0.25, 0.3) is 11.1 Å². The highest BCUT2D eigenvalue weighted by atomic mass is 32.1. The molecule has 0 aliphatic carbocycles. The number of aromatic nitrogens is 1. The Morgan fingerprint density at radius 3 is 2.32 bits per heavy atom. The molecular weight excluding hydrogens is 444 g/mol. The predicted molar refractivity (Wildman–Crippen MR) is 140 cm³/mol. The van der Waals surface area contributed by atoms with Gasteiger partial charge in [0.25, 0.3) is 0 Å². The average molecular weight is 481 g/mol. The molecule has 0 spiro atoms. The van der Waals surface area contributed by atoms with Crippen molar-refractivity contribution in [1.82, 2.24) is 9.88 Å². The minimum absolute atomic E-state index is 0.0441. The summed E-state index contributed by atoms with van der Waals surface area (Å²) in [5.74, 6) is 0.163. The normalized spacial score (nSPS) is 11.0. The number of hydrogen-bond donors (Lipinski definition) is 2. The summed E-state index contributed by atoms with van der Waals surface area (Å²) in [6.45, 7) is 2.83. The molecule has 0 atom stereocenters. The predicted octanol–water partition coefficient (Wildman–Crippen LogP) is 6.50. The minimum Gasteiger partial charge on any atom is -0.494 e. The van der Waals surface area contributed by atoms with Crippen LogP contribution in [-0.2, 0) is 17.8 Å². The molecule has 2 aromatic carbocycles. The van der Waals surface area contributed by atoms with Crippen molar-refractivity contribution >= 4 is 17.2 Å². The highest BCUT2D eigenvalue weighted by molar-refractivity contribution is 7.09. The number of thiazole rings is 1. The average Bonchev–Trinajstić information content (AvgIpc) is 3.15. The van der Waals surface area contributed by atoms with Crippen LogP contribution in [0.15, 0.2) is 53.3 Å². The number of H-pyrrole nitrogens is 1. The molecule has 3 rings (SSSR count). The Balaban J connectivity index is 1.51. The fraction of sp³-hybridized carbons (Fsp3) is 0.429. The van der Waals surface area contributed by atoms with Crippen molar-refractivity contribution in [2.45, 2.75) is 71.3 Å². The zero-order valence-corrected chi connectivity index (χ0v) is 21.1. The summed E-state index contributed by atoms with van der Waals surface area (Å²) in [5, 5.41) is 9.79. The van der Waals surface area contributed by atoms with Gasteiger partial charge in [0, 0.05) is 26.4 Å². The first kappa shape index (κ1) is 25.8. The van der Waals surface area contributed by atoms with Crippen LogP contribution in [0, 0.1) is 0 Å². The quantitative estimate of drug-likeness (QED) is 0.274. The van der Waals surface area contributed by atoms with Gasteiger partial charge in [0.15, 0.2) is 0 Å². The van der Waals surface area contributed by atoms with Crippen LogP contribution in [0.5, 0.6) is 5.88 Å². The van der Waals surface area contributed by atoms with E-state index in [-0.39, 0.29) is 16.7 Å². The third-order valence-electron chi connectivity index (χ3n) is 6.12. The Morgan fingerprint density at radius 1 is 0.941 bits per heavy atom. The molecule has 6 heteroatoms. The number of carbonyl (C=O) groups is 1. The number of aromatic hydroxyl groups is 1. The first-order valence-corrected chi connectivity index (χ1v) is 13.1. The lowest BCUT2D eigenvalue weighted by molar-refractivity contribution is -0.130. The molecule has 0 bridgehead atoms. The smallest absolute Gasteiger partial charge is 0.307 e. The van der Waals surface area contributed by atoms with Crippen LogP contribution in [0.4, 0.5) is 0 Å². The van der Waals surface area contributed by atoms with Gasteiger partial charge in [-0.1, -0.05) is 99.3 Å². The maximum absolute atomic E-state index is 12.5. The van der Waals surface area contributed by atoms with Crippen molar-refractivity contribution < 1.29 is 9.90 Å². The van der Waals surface area contributed by atoms with Crippen molar-refractivity contribution in [3.05, 3.63) is 74.2 Å². The number of rotatable bonds is 13. The molecule has 3 aromatic rings. The Morgan fingerprint density at radius 2 is 1.65 bits per heavy atom. The van der Waals surface area contributed by atoms with Crippen LogP contribution in [-0.4, -0.2) is 27.9 Å². The topological polar surface area (TPSA) is 73.4 Å². The number of amides is 1. The maximum atomic E-state index is 12.5.